The van der Waals surface area contributed by atoms with Crippen molar-refractivity contribution in [2.45, 2.75) is 6.18 Å². The van der Waals surface area contributed by atoms with Crippen molar-refractivity contribution in [1.29, 1.82) is 0 Å². The summed E-state index contributed by atoms with van der Waals surface area (Å²) in [4.78, 5) is 7.33. The van der Waals surface area contributed by atoms with Gasteiger partial charge in [-0.3, -0.25) is 0 Å². The fraction of sp³-hybridized carbons (Fsp3) is 0.0556. The molecule has 2 aromatic heterocycles. The lowest BCUT2D eigenvalue weighted by atomic mass is 10.0. The second kappa shape index (κ2) is 6.04. The van der Waals surface area contributed by atoms with E-state index in [2.05, 4.69) is 15.1 Å². The van der Waals surface area contributed by atoms with E-state index in [0.717, 1.165) is 4.52 Å². The predicted octanol–water partition coefficient (Wildman–Crippen LogP) is 4.32. The van der Waals surface area contributed by atoms with E-state index >= 15 is 0 Å². The number of halogens is 4. The van der Waals surface area contributed by atoms with Gasteiger partial charge in [0.15, 0.2) is 5.69 Å². The van der Waals surface area contributed by atoms with Crippen molar-refractivity contribution in [3.05, 3.63) is 66.4 Å². The topological polar surface area (TPSA) is 63.3 Å². The summed E-state index contributed by atoms with van der Waals surface area (Å²) in [7, 11) is 0. The highest BCUT2D eigenvalue weighted by Gasteiger charge is 2.33. The maximum atomic E-state index is 14.3. The second-order valence-corrected chi connectivity index (χ2v) is 5.74. The molecule has 0 aliphatic rings. The molecule has 0 atom stereocenters. The van der Waals surface area contributed by atoms with E-state index in [1.165, 1.54) is 36.5 Å². The van der Waals surface area contributed by atoms with E-state index in [4.69, 9.17) is 0 Å². The van der Waals surface area contributed by atoms with E-state index in [1.807, 2.05) is 0 Å². The number of benzene rings is 2. The second-order valence-electron chi connectivity index (χ2n) is 5.74. The Labute approximate surface area is 149 Å². The number of hydrogen-bond acceptors (Lipinski definition) is 4. The molecule has 0 amide bonds. The highest BCUT2D eigenvalue weighted by molar-refractivity contribution is 5.73. The van der Waals surface area contributed by atoms with Gasteiger partial charge in [0, 0.05) is 11.1 Å². The largest absolute Gasteiger partial charge is 0.508 e. The first-order valence-electron chi connectivity index (χ1n) is 7.70. The van der Waals surface area contributed by atoms with Gasteiger partial charge in [0.2, 0.25) is 0 Å². The van der Waals surface area contributed by atoms with Crippen LogP contribution in [0.3, 0.4) is 0 Å². The van der Waals surface area contributed by atoms with Gasteiger partial charge < -0.3 is 5.11 Å². The minimum atomic E-state index is -4.62. The van der Waals surface area contributed by atoms with Crippen molar-refractivity contribution in [2.75, 3.05) is 0 Å². The van der Waals surface area contributed by atoms with E-state index < -0.39 is 17.7 Å². The normalized spacial score (nSPS) is 11.9. The number of hydrogen-bond donors (Lipinski definition) is 1. The molecule has 0 radical (unpaired) electrons. The first-order chi connectivity index (χ1) is 12.8. The van der Waals surface area contributed by atoms with Gasteiger partial charge in [-0.25, -0.2) is 14.4 Å². The summed E-state index contributed by atoms with van der Waals surface area (Å²) in [6, 6.07) is 10.2. The molecule has 2 heterocycles. The summed E-state index contributed by atoms with van der Waals surface area (Å²) in [6.45, 7) is 0. The predicted molar refractivity (Wildman–Crippen MR) is 88.3 cm³/mol. The standard InChI is InChI=1S/C18H10F4N4O/c19-14-6-3-11(7-13(14)10-1-4-12(27)5-2-10)15-8-23-17-25-16(18(20,21)22)9-24-26(15)17/h1-9,27H. The molecule has 2 aromatic carbocycles. The number of aromatic nitrogens is 4. The number of nitrogens with zero attached hydrogens (tertiary/aromatic N) is 4. The average molecular weight is 374 g/mol. The number of phenolic OH excluding ortho intramolecular Hbond substituents is 1. The van der Waals surface area contributed by atoms with E-state index in [0.29, 0.717) is 23.0 Å². The smallest absolute Gasteiger partial charge is 0.435 e. The molecule has 0 spiro atoms. The van der Waals surface area contributed by atoms with Crippen LogP contribution in [-0.4, -0.2) is 24.7 Å². The SMILES string of the molecule is Oc1ccc(-c2cc(-c3cnc4nc(C(F)(F)F)cnn34)ccc2F)cc1. The molecule has 5 nitrogen and oxygen atoms in total. The Morgan fingerprint density at radius 1 is 0.926 bits per heavy atom. The fourth-order valence-electron chi connectivity index (χ4n) is 2.66. The zero-order chi connectivity index (χ0) is 19.2. The lowest BCUT2D eigenvalue weighted by molar-refractivity contribution is -0.141. The van der Waals surface area contributed by atoms with Crippen molar-refractivity contribution in [3.63, 3.8) is 0 Å². The van der Waals surface area contributed by atoms with Crippen LogP contribution in [0, 0.1) is 5.82 Å². The van der Waals surface area contributed by atoms with Crippen molar-refractivity contribution in [2.24, 2.45) is 0 Å². The summed E-state index contributed by atoms with van der Waals surface area (Å²) >= 11 is 0. The van der Waals surface area contributed by atoms with Crippen molar-refractivity contribution < 1.29 is 22.7 Å². The Hall–Kier alpha value is -3.49. The monoisotopic (exact) mass is 374 g/mol. The van der Waals surface area contributed by atoms with Crippen LogP contribution in [0.5, 0.6) is 5.75 Å². The average Bonchev–Trinajstić information content (AvgIpc) is 3.05. The number of rotatable bonds is 2. The van der Waals surface area contributed by atoms with Gasteiger partial charge in [0.1, 0.15) is 11.6 Å². The highest BCUT2D eigenvalue weighted by Crippen LogP contribution is 2.31. The van der Waals surface area contributed by atoms with E-state index in [1.54, 1.807) is 12.1 Å². The minimum Gasteiger partial charge on any atom is -0.508 e. The van der Waals surface area contributed by atoms with Crippen molar-refractivity contribution in [1.82, 2.24) is 19.6 Å². The molecule has 0 aliphatic heterocycles. The van der Waals surface area contributed by atoms with Crippen LogP contribution in [0.1, 0.15) is 5.69 Å². The van der Waals surface area contributed by atoms with Crippen LogP contribution in [0.2, 0.25) is 0 Å². The molecular weight excluding hydrogens is 364 g/mol. The Balaban J connectivity index is 1.82. The molecule has 0 aliphatic carbocycles. The number of phenols is 1. The quantitative estimate of drug-likeness (QED) is 0.531. The van der Waals surface area contributed by atoms with Crippen LogP contribution in [0.25, 0.3) is 28.2 Å². The van der Waals surface area contributed by atoms with Gasteiger partial charge in [0.25, 0.3) is 5.78 Å². The Bertz CT molecular complexity index is 1140. The molecule has 4 aromatic rings. The summed E-state index contributed by atoms with van der Waals surface area (Å²) in [5.41, 5.74) is 0.525. The molecule has 27 heavy (non-hydrogen) atoms. The first kappa shape index (κ1) is 17.0. The van der Waals surface area contributed by atoms with Gasteiger partial charge in [-0.2, -0.15) is 22.8 Å². The highest BCUT2D eigenvalue weighted by atomic mass is 19.4. The molecule has 136 valence electrons. The fourth-order valence-corrected chi connectivity index (χ4v) is 2.66. The third-order valence-electron chi connectivity index (χ3n) is 3.97. The summed E-state index contributed by atoms with van der Waals surface area (Å²) in [6.07, 6.45) is -2.69. The van der Waals surface area contributed by atoms with E-state index in [9.17, 15) is 22.7 Å². The third-order valence-corrected chi connectivity index (χ3v) is 3.97. The number of aromatic hydroxyl groups is 1. The maximum Gasteiger partial charge on any atom is 0.435 e. The van der Waals surface area contributed by atoms with Crippen LogP contribution in [-0.2, 0) is 6.18 Å². The third kappa shape index (κ3) is 3.07. The van der Waals surface area contributed by atoms with Gasteiger partial charge in [0.05, 0.1) is 18.1 Å². The summed E-state index contributed by atoms with van der Waals surface area (Å²) < 4.78 is 53.7. The number of fused-ring (bicyclic) bond motifs is 1. The molecule has 0 bridgehead atoms. The van der Waals surface area contributed by atoms with Crippen LogP contribution < -0.4 is 0 Å². The lowest BCUT2D eigenvalue weighted by Crippen LogP contribution is -2.11. The zero-order valence-corrected chi connectivity index (χ0v) is 13.4. The molecule has 4 rings (SSSR count). The Morgan fingerprint density at radius 2 is 1.63 bits per heavy atom. The molecule has 0 saturated heterocycles. The van der Waals surface area contributed by atoms with Crippen LogP contribution >= 0.6 is 0 Å². The minimum absolute atomic E-state index is 0.0489. The van der Waals surface area contributed by atoms with Gasteiger partial charge in [-0.05, 0) is 35.9 Å². The zero-order valence-electron chi connectivity index (χ0n) is 13.4. The van der Waals surface area contributed by atoms with Crippen LogP contribution in [0.15, 0.2) is 54.9 Å². The molecule has 1 N–H and O–H groups in total. The summed E-state index contributed by atoms with van der Waals surface area (Å²) in [5, 5.41) is 13.1. The van der Waals surface area contributed by atoms with E-state index in [-0.39, 0.29) is 17.1 Å². The van der Waals surface area contributed by atoms with Gasteiger partial charge in [-0.15, -0.1) is 0 Å². The molecular formula is C18H10F4N4O. The molecule has 9 heteroatoms. The Kier molecular flexibility index (Phi) is 3.79. The molecule has 0 saturated carbocycles. The maximum absolute atomic E-state index is 14.3. The number of alkyl halides is 3. The number of imidazole rings is 1. The van der Waals surface area contributed by atoms with Crippen molar-refractivity contribution >= 4 is 5.78 Å². The van der Waals surface area contributed by atoms with Gasteiger partial charge in [-0.1, -0.05) is 12.1 Å². The van der Waals surface area contributed by atoms with Crippen LogP contribution in [0.4, 0.5) is 17.6 Å². The molecule has 0 fully saturated rings. The van der Waals surface area contributed by atoms with Crippen molar-refractivity contribution in [3.8, 4) is 28.1 Å². The summed E-state index contributed by atoms with van der Waals surface area (Å²) in [5.74, 6) is -0.646. The van der Waals surface area contributed by atoms with Gasteiger partial charge >= 0.3 is 6.18 Å². The first-order valence-corrected chi connectivity index (χ1v) is 7.70. The lowest BCUT2D eigenvalue weighted by Gasteiger charge is -2.08. The molecule has 0 unspecified atom stereocenters. The Morgan fingerprint density at radius 3 is 2.33 bits per heavy atom.